The third kappa shape index (κ3) is 2.62. The van der Waals surface area contributed by atoms with Crippen molar-refractivity contribution in [2.24, 2.45) is 0 Å². The van der Waals surface area contributed by atoms with E-state index < -0.39 is 0 Å². The first-order valence-corrected chi connectivity index (χ1v) is 5.70. The third-order valence-electron chi connectivity index (χ3n) is 1.96. The van der Waals surface area contributed by atoms with Gasteiger partial charge < -0.3 is 9.72 Å². The van der Waals surface area contributed by atoms with E-state index in [0.717, 1.165) is 0 Å². The predicted molar refractivity (Wildman–Crippen MR) is 68.8 cm³/mol. The molecule has 2 aromatic rings. The number of aromatic amines is 1. The summed E-state index contributed by atoms with van der Waals surface area (Å²) in [6.45, 7) is 0. The lowest BCUT2D eigenvalue weighted by Gasteiger charge is -2.05. The summed E-state index contributed by atoms with van der Waals surface area (Å²) in [5.74, 6) is 0.777. The molecule has 0 aliphatic heterocycles. The first-order chi connectivity index (χ1) is 8.20. The van der Waals surface area contributed by atoms with Gasteiger partial charge in [0.15, 0.2) is 0 Å². The molecule has 6 heteroatoms. The van der Waals surface area contributed by atoms with Crippen molar-refractivity contribution in [1.82, 2.24) is 9.97 Å². The standard InChI is InChI=1S/C11H6IN3O2/c12-9-10(16)14-6-15-11(9)17-8-3-1-7(5-13)2-4-8/h1-4,6H,(H,14,15,16). The highest BCUT2D eigenvalue weighted by molar-refractivity contribution is 14.1. The van der Waals surface area contributed by atoms with E-state index >= 15 is 0 Å². The van der Waals surface area contributed by atoms with Gasteiger partial charge >= 0.3 is 0 Å². The second kappa shape index (κ2) is 4.97. The second-order valence-corrected chi connectivity index (χ2v) is 4.17. The molecule has 0 aliphatic carbocycles. The lowest BCUT2D eigenvalue weighted by atomic mass is 10.2. The molecule has 1 heterocycles. The molecule has 84 valence electrons. The molecule has 1 N–H and O–H groups in total. The van der Waals surface area contributed by atoms with Crippen LogP contribution in [0.2, 0.25) is 0 Å². The van der Waals surface area contributed by atoms with Gasteiger partial charge in [0, 0.05) is 0 Å². The van der Waals surface area contributed by atoms with Crippen molar-refractivity contribution in [2.45, 2.75) is 0 Å². The zero-order chi connectivity index (χ0) is 12.3. The third-order valence-corrected chi connectivity index (χ3v) is 2.91. The maximum absolute atomic E-state index is 11.3. The van der Waals surface area contributed by atoms with Gasteiger partial charge in [-0.2, -0.15) is 5.26 Å². The van der Waals surface area contributed by atoms with Gasteiger partial charge in [-0.05, 0) is 46.9 Å². The van der Waals surface area contributed by atoms with E-state index in [0.29, 0.717) is 14.9 Å². The Labute approximate surface area is 110 Å². The van der Waals surface area contributed by atoms with Crippen LogP contribution in [0.25, 0.3) is 0 Å². The monoisotopic (exact) mass is 339 g/mol. The van der Waals surface area contributed by atoms with Crippen LogP contribution in [0.1, 0.15) is 5.56 Å². The summed E-state index contributed by atoms with van der Waals surface area (Å²) in [4.78, 5) is 17.7. The van der Waals surface area contributed by atoms with Gasteiger partial charge in [0.05, 0.1) is 18.0 Å². The van der Waals surface area contributed by atoms with E-state index in [9.17, 15) is 4.79 Å². The predicted octanol–water partition coefficient (Wildman–Crippen LogP) is 2.04. The second-order valence-electron chi connectivity index (χ2n) is 3.09. The molecule has 1 aromatic heterocycles. The van der Waals surface area contributed by atoms with E-state index in [-0.39, 0.29) is 11.4 Å². The largest absolute Gasteiger partial charge is 0.438 e. The first-order valence-electron chi connectivity index (χ1n) is 4.62. The molecule has 0 radical (unpaired) electrons. The van der Waals surface area contributed by atoms with E-state index in [1.165, 1.54) is 6.33 Å². The van der Waals surface area contributed by atoms with Gasteiger partial charge in [0.25, 0.3) is 5.56 Å². The van der Waals surface area contributed by atoms with E-state index in [4.69, 9.17) is 10.00 Å². The fourth-order valence-electron chi connectivity index (χ4n) is 1.15. The van der Waals surface area contributed by atoms with E-state index in [1.807, 2.05) is 28.7 Å². The first kappa shape index (κ1) is 11.6. The lowest BCUT2D eigenvalue weighted by Crippen LogP contribution is -2.11. The van der Waals surface area contributed by atoms with Crippen LogP contribution >= 0.6 is 22.6 Å². The van der Waals surface area contributed by atoms with Crippen LogP contribution in [-0.2, 0) is 0 Å². The summed E-state index contributed by atoms with van der Waals surface area (Å²) in [6.07, 6.45) is 1.28. The van der Waals surface area contributed by atoms with Crippen molar-refractivity contribution in [3.8, 4) is 17.7 Å². The van der Waals surface area contributed by atoms with Crippen molar-refractivity contribution in [3.05, 3.63) is 50.1 Å². The summed E-state index contributed by atoms with van der Waals surface area (Å²) in [5.41, 5.74) is 0.301. The highest BCUT2D eigenvalue weighted by Gasteiger charge is 2.07. The maximum Gasteiger partial charge on any atom is 0.268 e. The lowest BCUT2D eigenvalue weighted by molar-refractivity contribution is 0.456. The van der Waals surface area contributed by atoms with Gasteiger partial charge in [0.1, 0.15) is 9.32 Å². The summed E-state index contributed by atoms with van der Waals surface area (Å²) in [7, 11) is 0. The number of nitrogens with zero attached hydrogens (tertiary/aromatic N) is 2. The van der Waals surface area contributed by atoms with Gasteiger partial charge in [-0.25, -0.2) is 4.98 Å². The van der Waals surface area contributed by atoms with Crippen LogP contribution in [-0.4, -0.2) is 9.97 Å². The Morgan fingerprint density at radius 2 is 2.06 bits per heavy atom. The van der Waals surface area contributed by atoms with Crippen LogP contribution in [0.15, 0.2) is 35.4 Å². The Morgan fingerprint density at radius 1 is 1.35 bits per heavy atom. The van der Waals surface area contributed by atoms with Crippen LogP contribution in [0, 0.1) is 14.9 Å². The topological polar surface area (TPSA) is 78.8 Å². The summed E-state index contributed by atoms with van der Waals surface area (Å²) >= 11 is 1.86. The number of hydrogen-bond acceptors (Lipinski definition) is 4. The number of aromatic nitrogens is 2. The molecule has 0 saturated carbocycles. The zero-order valence-electron chi connectivity index (χ0n) is 8.48. The van der Waals surface area contributed by atoms with Crippen LogP contribution in [0.4, 0.5) is 0 Å². The van der Waals surface area contributed by atoms with Crippen LogP contribution < -0.4 is 10.3 Å². The molecule has 2 rings (SSSR count). The molecule has 5 nitrogen and oxygen atoms in total. The molecule has 0 aliphatic rings. The minimum absolute atomic E-state index is 0.246. The molecular formula is C11H6IN3O2. The van der Waals surface area contributed by atoms with Gasteiger partial charge in [0.2, 0.25) is 5.88 Å². The molecule has 0 spiro atoms. The Bertz CT molecular complexity index is 628. The van der Waals surface area contributed by atoms with Crippen LogP contribution in [0.3, 0.4) is 0 Å². The number of rotatable bonds is 2. The number of hydrogen-bond donors (Lipinski definition) is 1. The Morgan fingerprint density at radius 3 is 2.71 bits per heavy atom. The average molecular weight is 339 g/mol. The average Bonchev–Trinajstić information content (AvgIpc) is 2.36. The molecule has 0 fully saturated rings. The molecule has 1 aromatic carbocycles. The van der Waals surface area contributed by atoms with Crippen molar-refractivity contribution < 1.29 is 4.74 Å². The number of nitrogens with one attached hydrogen (secondary N) is 1. The molecule has 0 unspecified atom stereocenters. The minimum atomic E-state index is -0.246. The number of ether oxygens (including phenoxy) is 1. The smallest absolute Gasteiger partial charge is 0.268 e. The van der Waals surface area contributed by atoms with Gasteiger partial charge in [-0.3, -0.25) is 4.79 Å². The SMILES string of the molecule is N#Cc1ccc(Oc2nc[nH]c(=O)c2I)cc1. The summed E-state index contributed by atoms with van der Waals surface area (Å²) < 4.78 is 5.83. The van der Waals surface area contributed by atoms with E-state index in [1.54, 1.807) is 24.3 Å². The fourth-order valence-corrected chi connectivity index (χ4v) is 1.55. The molecule has 0 amide bonds. The summed E-state index contributed by atoms with van der Waals surface area (Å²) in [6, 6.07) is 8.58. The van der Waals surface area contributed by atoms with Gasteiger partial charge in [-0.1, -0.05) is 0 Å². The summed E-state index contributed by atoms with van der Waals surface area (Å²) in [5, 5.41) is 8.65. The molecule has 0 saturated heterocycles. The zero-order valence-corrected chi connectivity index (χ0v) is 10.6. The van der Waals surface area contributed by atoms with Crippen molar-refractivity contribution in [1.29, 1.82) is 5.26 Å². The quantitative estimate of drug-likeness (QED) is 0.850. The number of H-pyrrole nitrogens is 1. The normalized spacial score (nSPS) is 9.65. The fraction of sp³-hybridized carbons (Fsp3) is 0. The number of halogens is 1. The number of benzene rings is 1. The highest BCUT2D eigenvalue weighted by atomic mass is 127. The molecule has 0 atom stereocenters. The molecule has 17 heavy (non-hydrogen) atoms. The van der Waals surface area contributed by atoms with Crippen molar-refractivity contribution >= 4 is 22.6 Å². The minimum Gasteiger partial charge on any atom is -0.438 e. The van der Waals surface area contributed by atoms with Crippen LogP contribution in [0.5, 0.6) is 11.6 Å². The van der Waals surface area contributed by atoms with Gasteiger partial charge in [-0.15, -0.1) is 0 Å². The molecule has 0 bridgehead atoms. The Kier molecular flexibility index (Phi) is 3.39. The molecular weight excluding hydrogens is 333 g/mol. The van der Waals surface area contributed by atoms with Crippen molar-refractivity contribution in [3.63, 3.8) is 0 Å². The highest BCUT2D eigenvalue weighted by Crippen LogP contribution is 2.21. The Hall–Kier alpha value is -1.88. The Balaban J connectivity index is 2.29. The van der Waals surface area contributed by atoms with Crippen molar-refractivity contribution in [2.75, 3.05) is 0 Å². The number of nitriles is 1. The van der Waals surface area contributed by atoms with E-state index in [2.05, 4.69) is 9.97 Å². The maximum atomic E-state index is 11.3.